The molecule has 0 aliphatic rings. The minimum atomic E-state index is -0.0349. The minimum absolute atomic E-state index is 0.0349. The monoisotopic (exact) mass is 322 g/mol. The molecule has 1 heterocycles. The number of nitrogens with one attached hydrogen (secondary N) is 1. The van der Waals surface area contributed by atoms with Gasteiger partial charge in [-0.1, -0.05) is 43.1 Å². The minimum Gasteiger partial charge on any atom is -0.305 e. The Morgan fingerprint density at radius 2 is 2.00 bits per heavy atom. The van der Waals surface area contributed by atoms with Gasteiger partial charge in [0, 0.05) is 16.2 Å². The number of aryl methyl sites for hydroxylation is 1. The highest BCUT2D eigenvalue weighted by molar-refractivity contribution is 6.33. The van der Waals surface area contributed by atoms with Crippen molar-refractivity contribution in [3.05, 3.63) is 63.4 Å². The molecule has 4 heteroatoms. The Morgan fingerprint density at radius 1 is 1.19 bits per heavy atom. The lowest BCUT2D eigenvalue weighted by atomic mass is 9.98. The summed E-state index contributed by atoms with van der Waals surface area (Å²) in [6.07, 6.45) is 3.81. The van der Waals surface area contributed by atoms with Crippen LogP contribution in [-0.4, -0.2) is 11.5 Å². The van der Waals surface area contributed by atoms with E-state index >= 15 is 0 Å². The zero-order valence-electron chi connectivity index (χ0n) is 12.4. The number of aromatic nitrogens is 1. The summed E-state index contributed by atoms with van der Waals surface area (Å²) in [7, 11) is 0. The van der Waals surface area contributed by atoms with Crippen LogP contribution in [0.2, 0.25) is 10.0 Å². The summed E-state index contributed by atoms with van der Waals surface area (Å²) in [6.45, 7) is 5.17. The van der Waals surface area contributed by atoms with Crippen molar-refractivity contribution < 1.29 is 0 Å². The molecule has 0 amide bonds. The molecule has 1 N–H and O–H groups in total. The first-order valence-electron chi connectivity index (χ1n) is 7.29. The van der Waals surface area contributed by atoms with Crippen LogP contribution in [0.1, 0.15) is 43.1 Å². The molecule has 1 aromatic carbocycles. The second-order valence-corrected chi connectivity index (χ2v) is 5.80. The van der Waals surface area contributed by atoms with Crippen molar-refractivity contribution in [1.29, 1.82) is 0 Å². The summed E-state index contributed by atoms with van der Waals surface area (Å²) in [4.78, 5) is 4.59. The van der Waals surface area contributed by atoms with Crippen molar-refractivity contribution in [2.75, 3.05) is 6.54 Å². The summed E-state index contributed by atoms with van der Waals surface area (Å²) in [6, 6.07) is 9.62. The highest BCUT2D eigenvalue weighted by Crippen LogP contribution is 2.31. The van der Waals surface area contributed by atoms with Crippen LogP contribution in [0.5, 0.6) is 0 Å². The van der Waals surface area contributed by atoms with E-state index in [1.54, 1.807) is 0 Å². The molecule has 112 valence electrons. The fraction of sp³-hybridized carbons (Fsp3) is 0.353. The van der Waals surface area contributed by atoms with E-state index in [0.717, 1.165) is 30.6 Å². The van der Waals surface area contributed by atoms with Gasteiger partial charge < -0.3 is 5.32 Å². The number of nitrogens with zero attached hydrogens (tertiary/aromatic N) is 1. The molecule has 0 aliphatic heterocycles. The first kappa shape index (κ1) is 16.3. The van der Waals surface area contributed by atoms with Crippen LogP contribution in [0.15, 0.2) is 36.5 Å². The first-order chi connectivity index (χ1) is 10.2. The summed E-state index contributed by atoms with van der Waals surface area (Å²) in [5.41, 5.74) is 3.23. The second kappa shape index (κ2) is 7.79. The van der Waals surface area contributed by atoms with Crippen LogP contribution in [0, 0.1) is 0 Å². The Labute approximate surface area is 136 Å². The third kappa shape index (κ3) is 3.97. The van der Waals surface area contributed by atoms with E-state index in [4.69, 9.17) is 23.2 Å². The Hall–Kier alpha value is -1.09. The molecule has 0 saturated heterocycles. The second-order valence-electron chi connectivity index (χ2n) is 4.95. The molecule has 0 spiro atoms. The van der Waals surface area contributed by atoms with Gasteiger partial charge in [-0.2, -0.15) is 0 Å². The summed E-state index contributed by atoms with van der Waals surface area (Å²) in [5.74, 6) is 0. The Kier molecular flexibility index (Phi) is 6.04. The lowest BCUT2D eigenvalue weighted by Crippen LogP contribution is -2.25. The third-order valence-corrected chi connectivity index (χ3v) is 4.03. The van der Waals surface area contributed by atoms with Crippen LogP contribution in [0.3, 0.4) is 0 Å². The van der Waals surface area contributed by atoms with E-state index in [1.807, 2.05) is 30.5 Å². The molecule has 0 radical (unpaired) electrons. The average molecular weight is 323 g/mol. The van der Waals surface area contributed by atoms with E-state index < -0.39 is 0 Å². The quantitative estimate of drug-likeness (QED) is 0.805. The Balaban J connectivity index is 2.49. The third-order valence-electron chi connectivity index (χ3n) is 3.45. The standard InChI is InChI=1S/C17H20Cl2N2/c1-3-9-20-17(14-11-13(18)7-8-15(14)19)16-12(4-2)6-5-10-21-16/h5-8,10-11,17,20H,3-4,9H2,1-2H3. The van der Waals surface area contributed by atoms with Crippen LogP contribution >= 0.6 is 23.2 Å². The maximum atomic E-state index is 6.39. The number of rotatable bonds is 6. The number of hydrogen-bond donors (Lipinski definition) is 1. The van der Waals surface area contributed by atoms with Gasteiger partial charge in [-0.3, -0.25) is 4.98 Å². The topological polar surface area (TPSA) is 24.9 Å². The van der Waals surface area contributed by atoms with E-state index in [9.17, 15) is 0 Å². The van der Waals surface area contributed by atoms with Crippen molar-refractivity contribution in [2.45, 2.75) is 32.7 Å². The van der Waals surface area contributed by atoms with Gasteiger partial charge in [0.15, 0.2) is 0 Å². The maximum absolute atomic E-state index is 6.39. The molecule has 1 aromatic heterocycles. The summed E-state index contributed by atoms with van der Waals surface area (Å²) in [5, 5.41) is 4.93. The van der Waals surface area contributed by atoms with E-state index in [-0.39, 0.29) is 6.04 Å². The van der Waals surface area contributed by atoms with E-state index in [2.05, 4.69) is 30.2 Å². The van der Waals surface area contributed by atoms with Gasteiger partial charge >= 0.3 is 0 Å². The zero-order chi connectivity index (χ0) is 15.2. The van der Waals surface area contributed by atoms with Gasteiger partial charge in [0.1, 0.15) is 0 Å². The smallest absolute Gasteiger partial charge is 0.0769 e. The lowest BCUT2D eigenvalue weighted by molar-refractivity contribution is 0.582. The number of hydrogen-bond acceptors (Lipinski definition) is 2. The molecule has 0 fully saturated rings. The fourth-order valence-corrected chi connectivity index (χ4v) is 2.80. The van der Waals surface area contributed by atoms with Crippen LogP contribution in [0.4, 0.5) is 0 Å². The predicted molar refractivity (Wildman–Crippen MR) is 90.2 cm³/mol. The number of pyridine rings is 1. The lowest BCUT2D eigenvalue weighted by Gasteiger charge is -2.22. The van der Waals surface area contributed by atoms with Crippen molar-refractivity contribution in [3.63, 3.8) is 0 Å². The van der Waals surface area contributed by atoms with Gasteiger partial charge in [0.2, 0.25) is 0 Å². The van der Waals surface area contributed by atoms with Crippen LogP contribution in [0.25, 0.3) is 0 Å². The Morgan fingerprint density at radius 3 is 2.71 bits per heavy atom. The molecule has 0 saturated carbocycles. The van der Waals surface area contributed by atoms with Gasteiger partial charge in [-0.05, 0) is 54.8 Å². The summed E-state index contributed by atoms with van der Waals surface area (Å²) >= 11 is 12.5. The fourth-order valence-electron chi connectivity index (χ4n) is 2.39. The van der Waals surface area contributed by atoms with E-state index in [1.165, 1.54) is 5.56 Å². The predicted octanol–water partition coefficient (Wildman–Crippen LogP) is 5.04. The Bertz CT molecular complexity index is 599. The van der Waals surface area contributed by atoms with Crippen molar-refractivity contribution in [1.82, 2.24) is 10.3 Å². The number of halogens is 2. The SMILES string of the molecule is CCCNC(c1cc(Cl)ccc1Cl)c1ncccc1CC. The molecular formula is C17H20Cl2N2. The highest BCUT2D eigenvalue weighted by Gasteiger charge is 2.20. The normalized spacial score (nSPS) is 12.4. The van der Waals surface area contributed by atoms with E-state index in [0.29, 0.717) is 10.0 Å². The van der Waals surface area contributed by atoms with Crippen molar-refractivity contribution >= 4 is 23.2 Å². The molecule has 21 heavy (non-hydrogen) atoms. The molecule has 2 rings (SSSR count). The zero-order valence-corrected chi connectivity index (χ0v) is 13.9. The molecular weight excluding hydrogens is 303 g/mol. The van der Waals surface area contributed by atoms with Crippen LogP contribution < -0.4 is 5.32 Å². The molecule has 1 atom stereocenters. The van der Waals surface area contributed by atoms with Crippen molar-refractivity contribution in [3.8, 4) is 0 Å². The largest absolute Gasteiger partial charge is 0.305 e. The molecule has 0 bridgehead atoms. The molecule has 1 unspecified atom stereocenters. The van der Waals surface area contributed by atoms with Crippen molar-refractivity contribution in [2.24, 2.45) is 0 Å². The van der Waals surface area contributed by atoms with Gasteiger partial charge in [0.25, 0.3) is 0 Å². The molecule has 2 nitrogen and oxygen atoms in total. The molecule has 0 aliphatic carbocycles. The van der Waals surface area contributed by atoms with Gasteiger partial charge in [-0.25, -0.2) is 0 Å². The first-order valence-corrected chi connectivity index (χ1v) is 8.05. The average Bonchev–Trinajstić information content (AvgIpc) is 2.51. The highest BCUT2D eigenvalue weighted by atomic mass is 35.5. The molecule has 2 aromatic rings. The maximum Gasteiger partial charge on any atom is 0.0769 e. The number of benzene rings is 1. The summed E-state index contributed by atoms with van der Waals surface area (Å²) < 4.78 is 0. The van der Waals surface area contributed by atoms with Gasteiger partial charge in [0.05, 0.1) is 11.7 Å². The van der Waals surface area contributed by atoms with Gasteiger partial charge in [-0.15, -0.1) is 0 Å². The van der Waals surface area contributed by atoms with Crippen LogP contribution in [-0.2, 0) is 6.42 Å².